The molecule has 0 unspecified atom stereocenters. The summed E-state index contributed by atoms with van der Waals surface area (Å²) in [7, 11) is 1.57. The number of nitrogens with zero attached hydrogens (tertiary/aromatic N) is 3. The van der Waals surface area contributed by atoms with Gasteiger partial charge in [-0.1, -0.05) is 29.8 Å². The summed E-state index contributed by atoms with van der Waals surface area (Å²) in [6.07, 6.45) is 0. The van der Waals surface area contributed by atoms with Crippen LogP contribution in [-0.2, 0) is 0 Å². The molecule has 0 saturated heterocycles. The van der Waals surface area contributed by atoms with Crippen molar-refractivity contribution in [2.75, 3.05) is 23.9 Å². The van der Waals surface area contributed by atoms with Gasteiger partial charge in [0.15, 0.2) is 0 Å². The first-order chi connectivity index (χ1) is 13.5. The van der Waals surface area contributed by atoms with Crippen LogP contribution in [-0.4, -0.2) is 29.5 Å². The second-order valence-corrected chi connectivity index (χ2v) is 6.51. The first kappa shape index (κ1) is 19.6. The number of ether oxygens (including phenoxy) is 1. The number of methoxy groups -OCH3 is 1. The predicted molar refractivity (Wildman–Crippen MR) is 112 cm³/mol. The largest absolute Gasteiger partial charge is 0.495 e. The van der Waals surface area contributed by atoms with E-state index in [0.717, 1.165) is 5.69 Å². The first-order valence-electron chi connectivity index (χ1n) is 8.85. The molecular formula is C21H21ClN4O2. The van der Waals surface area contributed by atoms with Gasteiger partial charge in [-0.15, -0.1) is 0 Å². The molecule has 0 aliphatic rings. The van der Waals surface area contributed by atoms with Crippen LogP contribution in [0.5, 0.6) is 5.75 Å². The number of para-hydroxylation sites is 1. The lowest BCUT2D eigenvalue weighted by Crippen LogP contribution is -2.31. The zero-order valence-corrected chi connectivity index (χ0v) is 16.7. The van der Waals surface area contributed by atoms with E-state index >= 15 is 0 Å². The van der Waals surface area contributed by atoms with E-state index < -0.39 is 0 Å². The third kappa shape index (κ3) is 4.40. The van der Waals surface area contributed by atoms with Gasteiger partial charge in [0.05, 0.1) is 12.8 Å². The van der Waals surface area contributed by atoms with Gasteiger partial charge in [-0.3, -0.25) is 4.79 Å². The molecule has 3 aromatic rings. The van der Waals surface area contributed by atoms with Crippen molar-refractivity contribution in [3.8, 4) is 5.75 Å². The summed E-state index contributed by atoms with van der Waals surface area (Å²) >= 11 is 6.08. The highest BCUT2D eigenvalue weighted by molar-refractivity contribution is 6.31. The number of amides is 1. The van der Waals surface area contributed by atoms with E-state index in [1.807, 2.05) is 44.2 Å². The quantitative estimate of drug-likeness (QED) is 0.644. The lowest BCUT2D eigenvalue weighted by atomic mass is 10.2. The SMILES string of the molecule is CCN(C(=O)c1cc(C)nc(Nc2cc(Cl)ccc2OC)n1)c1ccccc1. The van der Waals surface area contributed by atoms with Crippen molar-refractivity contribution in [2.24, 2.45) is 0 Å². The van der Waals surface area contributed by atoms with Gasteiger partial charge >= 0.3 is 0 Å². The molecule has 2 aromatic carbocycles. The molecule has 0 saturated carbocycles. The van der Waals surface area contributed by atoms with E-state index in [9.17, 15) is 4.79 Å². The Kier molecular flexibility index (Phi) is 6.11. The Bertz CT molecular complexity index is 979. The van der Waals surface area contributed by atoms with Gasteiger partial charge < -0.3 is 15.0 Å². The van der Waals surface area contributed by atoms with Crippen LogP contribution < -0.4 is 15.0 Å². The van der Waals surface area contributed by atoms with E-state index in [0.29, 0.717) is 40.3 Å². The van der Waals surface area contributed by atoms with Crippen molar-refractivity contribution < 1.29 is 9.53 Å². The Hall–Kier alpha value is -3.12. The molecule has 1 amide bonds. The number of rotatable bonds is 6. The van der Waals surface area contributed by atoms with Crippen LogP contribution in [0.15, 0.2) is 54.6 Å². The van der Waals surface area contributed by atoms with Gasteiger partial charge in [0.2, 0.25) is 5.95 Å². The zero-order valence-electron chi connectivity index (χ0n) is 15.9. The minimum atomic E-state index is -0.194. The third-order valence-corrected chi connectivity index (χ3v) is 4.35. The van der Waals surface area contributed by atoms with E-state index in [-0.39, 0.29) is 5.91 Å². The second-order valence-electron chi connectivity index (χ2n) is 6.07. The van der Waals surface area contributed by atoms with Gasteiger partial charge in [-0.2, -0.15) is 0 Å². The number of hydrogen-bond donors (Lipinski definition) is 1. The summed E-state index contributed by atoms with van der Waals surface area (Å²) in [6.45, 7) is 4.27. The Labute approximate surface area is 169 Å². The molecular weight excluding hydrogens is 376 g/mol. The van der Waals surface area contributed by atoms with Crippen molar-refractivity contribution >= 4 is 34.8 Å². The zero-order chi connectivity index (χ0) is 20.1. The fraction of sp³-hybridized carbons (Fsp3) is 0.190. The van der Waals surface area contributed by atoms with Gasteiger partial charge in [0.25, 0.3) is 5.91 Å². The molecule has 1 N–H and O–H groups in total. The molecule has 6 nitrogen and oxygen atoms in total. The number of carbonyl (C=O) groups excluding carboxylic acids is 1. The standard InChI is InChI=1S/C21H21ClN4O2/c1-4-26(16-8-6-5-7-9-16)20(27)18-12-14(2)23-21(25-18)24-17-13-15(22)10-11-19(17)28-3/h5-13H,4H2,1-3H3,(H,23,24,25). The van der Waals surface area contributed by atoms with E-state index in [4.69, 9.17) is 16.3 Å². The molecule has 28 heavy (non-hydrogen) atoms. The maximum Gasteiger partial charge on any atom is 0.277 e. The lowest BCUT2D eigenvalue weighted by molar-refractivity contribution is 0.0983. The molecule has 7 heteroatoms. The number of benzene rings is 2. The number of aromatic nitrogens is 2. The molecule has 144 valence electrons. The minimum absolute atomic E-state index is 0.194. The fourth-order valence-electron chi connectivity index (χ4n) is 2.82. The highest BCUT2D eigenvalue weighted by Crippen LogP contribution is 2.29. The van der Waals surface area contributed by atoms with E-state index in [1.165, 1.54) is 0 Å². The average Bonchev–Trinajstić information content (AvgIpc) is 2.69. The smallest absolute Gasteiger partial charge is 0.277 e. The maximum absolute atomic E-state index is 13.1. The molecule has 0 atom stereocenters. The fourth-order valence-corrected chi connectivity index (χ4v) is 2.99. The lowest BCUT2D eigenvalue weighted by Gasteiger charge is -2.21. The van der Waals surface area contributed by atoms with Crippen LogP contribution in [0.25, 0.3) is 0 Å². The van der Waals surface area contributed by atoms with Crippen molar-refractivity contribution in [3.63, 3.8) is 0 Å². The van der Waals surface area contributed by atoms with Crippen molar-refractivity contribution in [2.45, 2.75) is 13.8 Å². The first-order valence-corrected chi connectivity index (χ1v) is 9.22. The topological polar surface area (TPSA) is 67.4 Å². The van der Waals surface area contributed by atoms with Crippen LogP contribution in [0, 0.1) is 6.92 Å². The van der Waals surface area contributed by atoms with Gasteiger partial charge in [-0.05, 0) is 50.2 Å². The molecule has 3 rings (SSSR count). The summed E-state index contributed by atoms with van der Waals surface area (Å²) in [5.74, 6) is 0.704. The van der Waals surface area contributed by atoms with Crippen LogP contribution >= 0.6 is 11.6 Å². The predicted octanol–water partition coefficient (Wildman–Crippen LogP) is 4.86. The third-order valence-electron chi connectivity index (χ3n) is 4.11. The summed E-state index contributed by atoms with van der Waals surface area (Å²) in [6, 6.07) is 16.4. The van der Waals surface area contributed by atoms with Crippen LogP contribution in [0.2, 0.25) is 5.02 Å². The average molecular weight is 397 g/mol. The molecule has 0 radical (unpaired) electrons. The Balaban J connectivity index is 1.93. The van der Waals surface area contributed by atoms with Crippen molar-refractivity contribution in [3.05, 3.63) is 71.0 Å². The molecule has 0 bridgehead atoms. The Morgan fingerprint density at radius 1 is 1.14 bits per heavy atom. The summed E-state index contributed by atoms with van der Waals surface area (Å²) in [5, 5.41) is 3.64. The number of anilines is 3. The minimum Gasteiger partial charge on any atom is -0.495 e. The summed E-state index contributed by atoms with van der Waals surface area (Å²) in [5.41, 5.74) is 2.42. The van der Waals surface area contributed by atoms with Gasteiger partial charge in [0, 0.05) is 22.9 Å². The summed E-state index contributed by atoms with van der Waals surface area (Å²) in [4.78, 5) is 23.5. The number of nitrogens with one attached hydrogen (secondary N) is 1. The normalized spacial score (nSPS) is 10.4. The van der Waals surface area contributed by atoms with Crippen LogP contribution in [0.3, 0.4) is 0 Å². The van der Waals surface area contributed by atoms with Gasteiger partial charge in [-0.25, -0.2) is 9.97 Å². The maximum atomic E-state index is 13.1. The van der Waals surface area contributed by atoms with Crippen molar-refractivity contribution in [1.29, 1.82) is 0 Å². The number of halogens is 1. The molecule has 0 spiro atoms. The van der Waals surface area contributed by atoms with E-state index in [2.05, 4.69) is 15.3 Å². The van der Waals surface area contributed by atoms with Crippen molar-refractivity contribution in [1.82, 2.24) is 9.97 Å². The van der Waals surface area contributed by atoms with Crippen LogP contribution in [0.1, 0.15) is 23.1 Å². The summed E-state index contributed by atoms with van der Waals surface area (Å²) < 4.78 is 5.34. The Morgan fingerprint density at radius 3 is 2.57 bits per heavy atom. The molecule has 0 aliphatic heterocycles. The molecule has 0 aliphatic carbocycles. The monoisotopic (exact) mass is 396 g/mol. The van der Waals surface area contributed by atoms with Gasteiger partial charge in [0.1, 0.15) is 11.4 Å². The molecule has 0 fully saturated rings. The Morgan fingerprint density at radius 2 is 1.89 bits per heavy atom. The highest BCUT2D eigenvalue weighted by atomic mass is 35.5. The number of hydrogen-bond acceptors (Lipinski definition) is 5. The van der Waals surface area contributed by atoms with E-state index in [1.54, 1.807) is 36.3 Å². The van der Waals surface area contributed by atoms with Crippen LogP contribution in [0.4, 0.5) is 17.3 Å². The molecule has 1 aromatic heterocycles. The highest BCUT2D eigenvalue weighted by Gasteiger charge is 2.19. The number of aryl methyl sites for hydroxylation is 1. The second kappa shape index (κ2) is 8.71. The molecule has 1 heterocycles. The number of carbonyl (C=O) groups is 1.